The second kappa shape index (κ2) is 6.72. The van der Waals surface area contributed by atoms with E-state index in [4.69, 9.17) is 5.73 Å². The summed E-state index contributed by atoms with van der Waals surface area (Å²) in [6, 6.07) is 9.02. The SMILES string of the molecule is Cc1ccc(Nc2ncnc(Nc3cc(F)ccc3F)c2N)c(C)c1. The molecule has 0 amide bonds. The van der Waals surface area contributed by atoms with E-state index >= 15 is 0 Å². The lowest BCUT2D eigenvalue weighted by Gasteiger charge is -2.14. The predicted octanol–water partition coefficient (Wildman–Crippen LogP) is 4.44. The fraction of sp³-hybridized carbons (Fsp3) is 0.111. The van der Waals surface area contributed by atoms with Gasteiger partial charge in [0.2, 0.25) is 0 Å². The molecule has 0 atom stereocenters. The number of aryl methyl sites for hydroxylation is 2. The Morgan fingerprint density at radius 3 is 2.24 bits per heavy atom. The summed E-state index contributed by atoms with van der Waals surface area (Å²) in [7, 11) is 0. The lowest BCUT2D eigenvalue weighted by molar-refractivity contribution is 0.603. The van der Waals surface area contributed by atoms with Crippen LogP contribution in [-0.2, 0) is 0 Å². The van der Waals surface area contributed by atoms with E-state index in [0.29, 0.717) is 5.82 Å². The molecule has 0 unspecified atom stereocenters. The molecule has 2 aromatic carbocycles. The Bertz CT molecular complexity index is 927. The Labute approximate surface area is 143 Å². The van der Waals surface area contributed by atoms with E-state index in [0.717, 1.165) is 35.0 Å². The highest BCUT2D eigenvalue weighted by Crippen LogP contribution is 2.30. The molecule has 0 saturated heterocycles. The molecule has 3 rings (SSSR count). The molecule has 0 bridgehead atoms. The molecule has 7 heteroatoms. The standard InChI is InChI=1S/C18H17F2N5/c1-10-3-6-14(11(2)7-10)24-17-16(21)18(23-9-22-17)25-15-8-12(19)4-5-13(15)20/h3-9H,21H2,1-2H3,(H2,22,23,24,25). The van der Waals surface area contributed by atoms with Gasteiger partial charge >= 0.3 is 0 Å². The van der Waals surface area contributed by atoms with Crippen LogP contribution >= 0.6 is 0 Å². The number of nitrogen functional groups attached to an aromatic ring is 1. The minimum absolute atomic E-state index is 0.0529. The summed E-state index contributed by atoms with van der Waals surface area (Å²) in [6.07, 6.45) is 1.29. The molecule has 0 fully saturated rings. The van der Waals surface area contributed by atoms with E-state index in [2.05, 4.69) is 20.6 Å². The molecule has 0 radical (unpaired) electrons. The molecule has 1 aromatic heterocycles. The van der Waals surface area contributed by atoms with Crippen molar-refractivity contribution in [3.05, 3.63) is 65.5 Å². The summed E-state index contributed by atoms with van der Waals surface area (Å²) in [5.41, 5.74) is 9.25. The molecule has 0 aliphatic carbocycles. The van der Waals surface area contributed by atoms with Gasteiger partial charge in [-0.15, -0.1) is 0 Å². The van der Waals surface area contributed by atoms with Crippen molar-refractivity contribution in [2.24, 2.45) is 0 Å². The largest absolute Gasteiger partial charge is 0.393 e. The van der Waals surface area contributed by atoms with E-state index in [-0.39, 0.29) is 17.2 Å². The number of anilines is 5. The van der Waals surface area contributed by atoms with Crippen molar-refractivity contribution >= 4 is 28.7 Å². The van der Waals surface area contributed by atoms with Crippen LogP contribution in [0.2, 0.25) is 0 Å². The first-order valence-corrected chi connectivity index (χ1v) is 7.61. The number of rotatable bonds is 4. The third-order valence-electron chi connectivity index (χ3n) is 3.70. The monoisotopic (exact) mass is 341 g/mol. The van der Waals surface area contributed by atoms with E-state index in [1.807, 2.05) is 32.0 Å². The zero-order valence-electron chi connectivity index (χ0n) is 13.8. The van der Waals surface area contributed by atoms with Crippen molar-refractivity contribution in [2.45, 2.75) is 13.8 Å². The molecule has 1 heterocycles. The number of hydrogen-bond donors (Lipinski definition) is 3. The van der Waals surface area contributed by atoms with Crippen LogP contribution in [0.5, 0.6) is 0 Å². The molecule has 5 nitrogen and oxygen atoms in total. The first-order chi connectivity index (χ1) is 11.9. The van der Waals surface area contributed by atoms with Crippen molar-refractivity contribution in [2.75, 3.05) is 16.4 Å². The lowest BCUT2D eigenvalue weighted by Crippen LogP contribution is -2.06. The normalized spacial score (nSPS) is 10.6. The van der Waals surface area contributed by atoms with Gasteiger partial charge in [0.05, 0.1) is 5.69 Å². The quantitative estimate of drug-likeness (QED) is 0.654. The van der Waals surface area contributed by atoms with Gasteiger partial charge in [0.15, 0.2) is 11.6 Å². The van der Waals surface area contributed by atoms with E-state index < -0.39 is 11.6 Å². The summed E-state index contributed by atoms with van der Waals surface area (Å²) in [5.74, 6) is -0.610. The first kappa shape index (κ1) is 16.6. The van der Waals surface area contributed by atoms with Gasteiger partial charge in [0.25, 0.3) is 0 Å². The molecule has 4 N–H and O–H groups in total. The average Bonchev–Trinajstić information content (AvgIpc) is 2.57. The molecule has 0 spiro atoms. The van der Waals surface area contributed by atoms with Crippen molar-refractivity contribution in [1.82, 2.24) is 9.97 Å². The van der Waals surface area contributed by atoms with Crippen LogP contribution in [0.1, 0.15) is 11.1 Å². The van der Waals surface area contributed by atoms with Crippen LogP contribution in [0.15, 0.2) is 42.7 Å². The van der Waals surface area contributed by atoms with Gasteiger partial charge in [0.1, 0.15) is 23.6 Å². The van der Waals surface area contributed by atoms with Gasteiger partial charge in [0, 0.05) is 11.8 Å². The van der Waals surface area contributed by atoms with Crippen LogP contribution in [0, 0.1) is 25.5 Å². The highest BCUT2D eigenvalue weighted by Gasteiger charge is 2.12. The van der Waals surface area contributed by atoms with Crippen molar-refractivity contribution < 1.29 is 8.78 Å². The van der Waals surface area contributed by atoms with Crippen LogP contribution in [0.25, 0.3) is 0 Å². The van der Waals surface area contributed by atoms with Crippen molar-refractivity contribution in [1.29, 1.82) is 0 Å². The van der Waals surface area contributed by atoms with Gasteiger partial charge in [-0.25, -0.2) is 18.7 Å². The summed E-state index contributed by atoms with van der Waals surface area (Å²) >= 11 is 0. The smallest absolute Gasteiger partial charge is 0.159 e. The number of aromatic nitrogens is 2. The maximum Gasteiger partial charge on any atom is 0.159 e. The summed E-state index contributed by atoms with van der Waals surface area (Å²) < 4.78 is 27.1. The summed E-state index contributed by atoms with van der Waals surface area (Å²) in [6.45, 7) is 3.97. The van der Waals surface area contributed by atoms with Gasteiger partial charge in [-0.1, -0.05) is 17.7 Å². The Hall–Kier alpha value is -3.22. The second-order valence-corrected chi connectivity index (χ2v) is 5.68. The van der Waals surface area contributed by atoms with E-state index in [9.17, 15) is 8.78 Å². The summed E-state index contributed by atoms with van der Waals surface area (Å²) in [5, 5.41) is 5.84. The number of hydrogen-bond acceptors (Lipinski definition) is 5. The summed E-state index contributed by atoms with van der Waals surface area (Å²) in [4.78, 5) is 8.13. The molecular weight excluding hydrogens is 324 g/mol. The number of nitrogens with two attached hydrogens (primary N) is 1. The van der Waals surface area contributed by atoms with Crippen molar-refractivity contribution in [3.63, 3.8) is 0 Å². The molecule has 0 aliphatic rings. The van der Waals surface area contributed by atoms with Crippen LogP contribution < -0.4 is 16.4 Å². The van der Waals surface area contributed by atoms with E-state index in [1.165, 1.54) is 6.33 Å². The van der Waals surface area contributed by atoms with Crippen LogP contribution in [-0.4, -0.2) is 9.97 Å². The Balaban J connectivity index is 1.91. The highest BCUT2D eigenvalue weighted by atomic mass is 19.1. The molecule has 25 heavy (non-hydrogen) atoms. The lowest BCUT2D eigenvalue weighted by atomic mass is 10.1. The predicted molar refractivity (Wildman–Crippen MR) is 95.3 cm³/mol. The van der Waals surface area contributed by atoms with Gasteiger partial charge in [-0.2, -0.15) is 0 Å². The molecule has 3 aromatic rings. The first-order valence-electron chi connectivity index (χ1n) is 7.61. The number of nitrogens with one attached hydrogen (secondary N) is 2. The minimum Gasteiger partial charge on any atom is -0.393 e. The third-order valence-corrected chi connectivity index (χ3v) is 3.70. The number of halogens is 2. The fourth-order valence-electron chi connectivity index (χ4n) is 2.40. The molecule has 128 valence electrons. The molecule has 0 aliphatic heterocycles. The zero-order chi connectivity index (χ0) is 18.0. The highest BCUT2D eigenvalue weighted by molar-refractivity contribution is 5.80. The number of benzene rings is 2. The van der Waals surface area contributed by atoms with Gasteiger partial charge in [-0.3, -0.25) is 0 Å². The van der Waals surface area contributed by atoms with Crippen LogP contribution in [0.3, 0.4) is 0 Å². The maximum absolute atomic E-state index is 13.8. The fourth-order valence-corrected chi connectivity index (χ4v) is 2.40. The molecular formula is C18H17F2N5. The molecule has 0 saturated carbocycles. The Morgan fingerprint density at radius 1 is 0.880 bits per heavy atom. The average molecular weight is 341 g/mol. The van der Waals surface area contributed by atoms with Crippen molar-refractivity contribution in [3.8, 4) is 0 Å². The minimum atomic E-state index is -0.608. The topological polar surface area (TPSA) is 75.9 Å². The van der Waals surface area contributed by atoms with E-state index in [1.54, 1.807) is 0 Å². The third kappa shape index (κ3) is 3.65. The second-order valence-electron chi connectivity index (χ2n) is 5.68. The van der Waals surface area contributed by atoms with Gasteiger partial charge in [-0.05, 0) is 37.6 Å². The van der Waals surface area contributed by atoms with Crippen LogP contribution in [0.4, 0.5) is 37.5 Å². The Morgan fingerprint density at radius 2 is 1.56 bits per heavy atom. The van der Waals surface area contributed by atoms with Gasteiger partial charge < -0.3 is 16.4 Å². The maximum atomic E-state index is 13.8. The Kier molecular flexibility index (Phi) is 4.47. The zero-order valence-corrected chi connectivity index (χ0v) is 13.8. The number of nitrogens with zero attached hydrogens (tertiary/aromatic N) is 2.